The molecule has 0 bridgehead atoms. The molecule has 0 fully saturated rings. The second-order valence-electron chi connectivity index (χ2n) is 4.69. The maximum atomic E-state index is 4.60. The number of benzene rings is 1. The first-order valence-electron chi connectivity index (χ1n) is 6.65. The van der Waals surface area contributed by atoms with Crippen LogP contribution in [0.2, 0.25) is 0 Å². The van der Waals surface area contributed by atoms with Gasteiger partial charge in [-0.3, -0.25) is 4.99 Å². The summed E-state index contributed by atoms with van der Waals surface area (Å²) in [5.41, 5.74) is 2.42. The molecule has 1 aliphatic heterocycles. The van der Waals surface area contributed by atoms with E-state index in [9.17, 15) is 0 Å². The molecule has 4 rings (SSSR count). The molecule has 0 atom stereocenters. The highest BCUT2D eigenvalue weighted by molar-refractivity contribution is 7.22. The predicted octanol–water partition coefficient (Wildman–Crippen LogP) is 3.31. The van der Waals surface area contributed by atoms with Crippen molar-refractivity contribution in [3.05, 3.63) is 54.2 Å². The van der Waals surface area contributed by atoms with Crippen molar-refractivity contribution in [1.29, 1.82) is 0 Å². The van der Waals surface area contributed by atoms with Crippen LogP contribution in [0.4, 0.5) is 0 Å². The SMILES string of the molecule is c1ccc(-c2sc3ncccc3c2C2=NCCN2)cc1. The van der Waals surface area contributed by atoms with Gasteiger partial charge in [0.05, 0.1) is 6.54 Å². The fourth-order valence-corrected chi connectivity index (χ4v) is 3.68. The van der Waals surface area contributed by atoms with E-state index in [-0.39, 0.29) is 0 Å². The Hall–Kier alpha value is -2.20. The molecule has 0 saturated carbocycles. The number of thiophene rings is 1. The Labute approximate surface area is 121 Å². The van der Waals surface area contributed by atoms with Crippen molar-refractivity contribution in [1.82, 2.24) is 10.3 Å². The van der Waals surface area contributed by atoms with Gasteiger partial charge in [0, 0.05) is 28.6 Å². The van der Waals surface area contributed by atoms with Crippen LogP contribution in [0.3, 0.4) is 0 Å². The molecule has 2 aromatic heterocycles. The first-order valence-corrected chi connectivity index (χ1v) is 7.47. The summed E-state index contributed by atoms with van der Waals surface area (Å²) in [4.78, 5) is 11.4. The van der Waals surface area contributed by atoms with E-state index in [0.717, 1.165) is 23.8 Å². The van der Waals surface area contributed by atoms with E-state index in [1.807, 2.05) is 18.3 Å². The number of hydrogen-bond donors (Lipinski definition) is 1. The van der Waals surface area contributed by atoms with Crippen LogP contribution in [0.25, 0.3) is 20.7 Å². The van der Waals surface area contributed by atoms with Gasteiger partial charge < -0.3 is 5.32 Å². The minimum atomic E-state index is 0.848. The number of nitrogens with one attached hydrogen (secondary N) is 1. The van der Waals surface area contributed by atoms with Gasteiger partial charge in [0.1, 0.15) is 10.7 Å². The van der Waals surface area contributed by atoms with Crippen LogP contribution >= 0.6 is 11.3 Å². The average Bonchev–Trinajstić information content (AvgIpc) is 3.14. The molecule has 3 nitrogen and oxygen atoms in total. The number of fused-ring (bicyclic) bond motifs is 1. The topological polar surface area (TPSA) is 37.3 Å². The van der Waals surface area contributed by atoms with Gasteiger partial charge in [-0.2, -0.15) is 0 Å². The molecule has 3 heterocycles. The van der Waals surface area contributed by atoms with Crippen LogP contribution in [-0.4, -0.2) is 23.9 Å². The molecule has 1 aliphatic rings. The van der Waals surface area contributed by atoms with Crippen LogP contribution in [0, 0.1) is 0 Å². The van der Waals surface area contributed by atoms with Crippen molar-refractivity contribution in [3.63, 3.8) is 0 Å². The largest absolute Gasteiger partial charge is 0.368 e. The minimum absolute atomic E-state index is 0.848. The number of rotatable bonds is 2. The number of hydrogen-bond acceptors (Lipinski definition) is 4. The number of nitrogens with zero attached hydrogens (tertiary/aromatic N) is 2. The molecule has 4 heteroatoms. The molecule has 0 aliphatic carbocycles. The molecular formula is C16H13N3S. The zero-order valence-electron chi connectivity index (χ0n) is 10.8. The van der Waals surface area contributed by atoms with Crippen molar-refractivity contribution < 1.29 is 0 Å². The first kappa shape index (κ1) is 11.6. The monoisotopic (exact) mass is 279 g/mol. The number of aromatic nitrogens is 1. The Morgan fingerprint density at radius 1 is 1.05 bits per heavy atom. The van der Waals surface area contributed by atoms with Crippen molar-refractivity contribution in [3.8, 4) is 10.4 Å². The van der Waals surface area contributed by atoms with E-state index >= 15 is 0 Å². The van der Waals surface area contributed by atoms with E-state index in [1.54, 1.807) is 11.3 Å². The van der Waals surface area contributed by atoms with E-state index < -0.39 is 0 Å². The Kier molecular flexibility index (Phi) is 2.74. The van der Waals surface area contributed by atoms with Gasteiger partial charge >= 0.3 is 0 Å². The maximum absolute atomic E-state index is 4.60. The Morgan fingerprint density at radius 3 is 2.75 bits per heavy atom. The second kappa shape index (κ2) is 4.72. The van der Waals surface area contributed by atoms with Crippen LogP contribution in [-0.2, 0) is 0 Å². The standard InChI is InChI=1S/C16H13N3S/c1-2-5-11(6-3-1)14-13(15-17-9-10-18-15)12-7-4-8-19-16(12)20-14/h1-8H,9-10H2,(H,17,18). The number of pyridine rings is 1. The normalized spacial score (nSPS) is 14.3. The Bertz CT molecular complexity index is 790. The van der Waals surface area contributed by atoms with E-state index in [1.165, 1.54) is 21.4 Å². The van der Waals surface area contributed by atoms with Gasteiger partial charge in [-0.05, 0) is 17.7 Å². The van der Waals surface area contributed by atoms with Crippen molar-refractivity contribution in [2.24, 2.45) is 4.99 Å². The summed E-state index contributed by atoms with van der Waals surface area (Å²) in [6.45, 7) is 1.77. The van der Waals surface area contributed by atoms with Gasteiger partial charge in [0.25, 0.3) is 0 Å². The molecule has 0 radical (unpaired) electrons. The summed E-state index contributed by atoms with van der Waals surface area (Å²) in [7, 11) is 0. The molecule has 1 aromatic carbocycles. The summed E-state index contributed by atoms with van der Waals surface area (Å²) in [6, 6.07) is 14.6. The zero-order chi connectivity index (χ0) is 13.4. The fraction of sp³-hybridized carbons (Fsp3) is 0.125. The summed E-state index contributed by atoms with van der Waals surface area (Å²) in [6.07, 6.45) is 1.85. The van der Waals surface area contributed by atoms with Crippen LogP contribution in [0.1, 0.15) is 5.56 Å². The van der Waals surface area contributed by atoms with Crippen molar-refractivity contribution >= 4 is 27.4 Å². The third-order valence-corrected chi connectivity index (χ3v) is 4.58. The molecule has 0 unspecified atom stereocenters. The zero-order valence-corrected chi connectivity index (χ0v) is 11.7. The fourth-order valence-electron chi connectivity index (χ4n) is 2.53. The lowest BCUT2D eigenvalue weighted by molar-refractivity contribution is 0.960. The quantitative estimate of drug-likeness (QED) is 0.781. The summed E-state index contributed by atoms with van der Waals surface area (Å²) < 4.78 is 0. The van der Waals surface area contributed by atoms with Gasteiger partial charge in [-0.15, -0.1) is 11.3 Å². The highest BCUT2D eigenvalue weighted by Crippen LogP contribution is 2.37. The van der Waals surface area contributed by atoms with Crippen LogP contribution < -0.4 is 5.32 Å². The Balaban J connectivity index is 2.02. The minimum Gasteiger partial charge on any atom is -0.368 e. The van der Waals surface area contributed by atoms with E-state index in [0.29, 0.717) is 0 Å². The molecule has 0 amide bonds. The molecule has 98 valence electrons. The first-order chi connectivity index (χ1) is 9.93. The number of aliphatic imine (C=N–C) groups is 1. The lowest BCUT2D eigenvalue weighted by atomic mass is 10.1. The lowest BCUT2D eigenvalue weighted by Crippen LogP contribution is -2.19. The van der Waals surface area contributed by atoms with Crippen molar-refractivity contribution in [2.45, 2.75) is 0 Å². The van der Waals surface area contributed by atoms with Gasteiger partial charge in [0.15, 0.2) is 0 Å². The highest BCUT2D eigenvalue weighted by atomic mass is 32.1. The molecule has 0 saturated heterocycles. The maximum Gasteiger partial charge on any atom is 0.130 e. The smallest absolute Gasteiger partial charge is 0.130 e. The molecule has 1 N–H and O–H groups in total. The van der Waals surface area contributed by atoms with Crippen LogP contribution in [0.5, 0.6) is 0 Å². The predicted molar refractivity (Wildman–Crippen MR) is 84.5 cm³/mol. The third kappa shape index (κ3) is 1.80. The molecular weight excluding hydrogens is 266 g/mol. The summed E-state index contributed by atoms with van der Waals surface area (Å²) >= 11 is 1.73. The van der Waals surface area contributed by atoms with Crippen LogP contribution in [0.15, 0.2) is 53.7 Å². The Morgan fingerprint density at radius 2 is 1.95 bits per heavy atom. The third-order valence-electron chi connectivity index (χ3n) is 3.41. The summed E-state index contributed by atoms with van der Waals surface area (Å²) in [5, 5.41) is 4.57. The molecule has 0 spiro atoms. The molecule has 20 heavy (non-hydrogen) atoms. The van der Waals surface area contributed by atoms with Crippen molar-refractivity contribution in [2.75, 3.05) is 13.1 Å². The van der Waals surface area contributed by atoms with E-state index in [4.69, 9.17) is 0 Å². The highest BCUT2D eigenvalue weighted by Gasteiger charge is 2.20. The second-order valence-corrected chi connectivity index (χ2v) is 5.68. The average molecular weight is 279 g/mol. The van der Waals surface area contributed by atoms with Gasteiger partial charge in [-0.25, -0.2) is 4.98 Å². The lowest BCUT2D eigenvalue weighted by Gasteiger charge is -2.05. The summed E-state index contributed by atoms with van der Waals surface area (Å²) in [5.74, 6) is 1.00. The van der Waals surface area contributed by atoms with Gasteiger partial charge in [-0.1, -0.05) is 30.3 Å². The van der Waals surface area contributed by atoms with Gasteiger partial charge in [0.2, 0.25) is 0 Å². The van der Waals surface area contributed by atoms with E-state index in [2.05, 4.69) is 45.6 Å². The molecule has 3 aromatic rings. The number of amidine groups is 1.